The molecule has 1 aromatic rings. The largest absolute Gasteiger partial charge is 0.378 e. The summed E-state index contributed by atoms with van der Waals surface area (Å²) in [5.41, 5.74) is 2.33. The van der Waals surface area contributed by atoms with Crippen molar-refractivity contribution in [3.05, 3.63) is 29.3 Å². The quantitative estimate of drug-likeness (QED) is 0.853. The first-order valence-electron chi connectivity index (χ1n) is 9.21. The van der Waals surface area contributed by atoms with Crippen LogP contribution in [0.15, 0.2) is 18.2 Å². The van der Waals surface area contributed by atoms with Gasteiger partial charge >= 0.3 is 0 Å². The molecule has 2 rings (SSSR count). The third-order valence-corrected chi connectivity index (χ3v) is 4.59. The number of piperidine rings is 1. The van der Waals surface area contributed by atoms with Crippen LogP contribution in [0.5, 0.6) is 0 Å². The SMILES string of the molecule is Cc1cc(C(=O)N2CCCCC2C)ccc1NC(=O)CCOC(C)C. The zero-order chi connectivity index (χ0) is 18.4. The summed E-state index contributed by atoms with van der Waals surface area (Å²) in [6.45, 7) is 9.15. The van der Waals surface area contributed by atoms with Gasteiger partial charge in [-0.1, -0.05) is 0 Å². The fourth-order valence-corrected chi connectivity index (χ4v) is 3.10. The van der Waals surface area contributed by atoms with Crippen molar-refractivity contribution in [3.8, 4) is 0 Å². The van der Waals surface area contributed by atoms with E-state index in [2.05, 4.69) is 12.2 Å². The number of aryl methyl sites for hydroxylation is 1. The molecule has 1 atom stereocenters. The summed E-state index contributed by atoms with van der Waals surface area (Å²) in [6.07, 6.45) is 3.77. The van der Waals surface area contributed by atoms with Crippen LogP contribution >= 0.6 is 0 Å². The van der Waals surface area contributed by atoms with Crippen molar-refractivity contribution in [2.24, 2.45) is 0 Å². The normalized spacial score (nSPS) is 17.6. The molecular formula is C20H30N2O3. The summed E-state index contributed by atoms with van der Waals surface area (Å²) >= 11 is 0. The average molecular weight is 346 g/mol. The maximum Gasteiger partial charge on any atom is 0.254 e. The predicted molar refractivity (Wildman–Crippen MR) is 99.9 cm³/mol. The Morgan fingerprint density at radius 1 is 1.32 bits per heavy atom. The highest BCUT2D eigenvalue weighted by Crippen LogP contribution is 2.22. The lowest BCUT2D eigenvalue weighted by atomic mass is 10.0. The van der Waals surface area contributed by atoms with Gasteiger partial charge in [0.2, 0.25) is 5.91 Å². The molecular weight excluding hydrogens is 316 g/mol. The Morgan fingerprint density at radius 3 is 2.72 bits per heavy atom. The van der Waals surface area contributed by atoms with Crippen molar-refractivity contribution in [1.82, 2.24) is 4.90 Å². The van der Waals surface area contributed by atoms with E-state index in [1.54, 1.807) is 6.07 Å². The molecule has 0 aliphatic carbocycles. The number of carbonyl (C=O) groups excluding carboxylic acids is 2. The molecule has 0 radical (unpaired) electrons. The minimum absolute atomic E-state index is 0.0764. The maximum absolute atomic E-state index is 12.7. The van der Waals surface area contributed by atoms with E-state index >= 15 is 0 Å². The second kappa shape index (κ2) is 8.99. The highest BCUT2D eigenvalue weighted by atomic mass is 16.5. The fourth-order valence-electron chi connectivity index (χ4n) is 3.10. The summed E-state index contributed by atoms with van der Waals surface area (Å²) in [7, 11) is 0. The van der Waals surface area contributed by atoms with Gasteiger partial charge in [0.1, 0.15) is 0 Å². The van der Waals surface area contributed by atoms with Crippen LogP contribution in [-0.4, -0.2) is 42.0 Å². The van der Waals surface area contributed by atoms with E-state index in [9.17, 15) is 9.59 Å². The Balaban J connectivity index is 1.97. The van der Waals surface area contributed by atoms with Crippen molar-refractivity contribution in [1.29, 1.82) is 0 Å². The first-order valence-corrected chi connectivity index (χ1v) is 9.21. The van der Waals surface area contributed by atoms with Crippen molar-refractivity contribution in [3.63, 3.8) is 0 Å². The molecule has 5 heteroatoms. The maximum atomic E-state index is 12.7. The Hall–Kier alpha value is -1.88. The minimum Gasteiger partial charge on any atom is -0.378 e. The van der Waals surface area contributed by atoms with E-state index in [1.807, 2.05) is 37.8 Å². The molecule has 1 aliphatic heterocycles. The number of hydrogen-bond acceptors (Lipinski definition) is 3. The molecule has 25 heavy (non-hydrogen) atoms. The molecule has 1 aromatic carbocycles. The predicted octanol–water partition coefficient (Wildman–Crippen LogP) is 3.76. The topological polar surface area (TPSA) is 58.6 Å². The Kier molecular flexibility index (Phi) is 7.00. The summed E-state index contributed by atoms with van der Waals surface area (Å²) in [6, 6.07) is 5.78. The van der Waals surface area contributed by atoms with Crippen LogP contribution in [0.1, 0.15) is 62.4 Å². The van der Waals surface area contributed by atoms with E-state index < -0.39 is 0 Å². The zero-order valence-corrected chi connectivity index (χ0v) is 15.8. The summed E-state index contributed by atoms with van der Waals surface area (Å²) in [5, 5.41) is 2.89. The number of likely N-dealkylation sites (tertiary alicyclic amines) is 1. The number of ether oxygens (including phenoxy) is 1. The Morgan fingerprint density at radius 2 is 2.08 bits per heavy atom. The summed E-state index contributed by atoms with van der Waals surface area (Å²) < 4.78 is 5.40. The number of benzene rings is 1. The van der Waals surface area contributed by atoms with E-state index in [0.29, 0.717) is 24.6 Å². The van der Waals surface area contributed by atoms with Crippen molar-refractivity contribution < 1.29 is 14.3 Å². The standard InChI is InChI=1S/C20H30N2O3/c1-14(2)25-12-10-19(23)21-18-9-8-17(13-15(18)3)20(24)22-11-6-5-7-16(22)4/h8-9,13-14,16H,5-7,10-12H2,1-4H3,(H,21,23). The lowest BCUT2D eigenvalue weighted by molar-refractivity contribution is -0.117. The molecule has 1 N–H and O–H groups in total. The van der Waals surface area contributed by atoms with Gasteiger partial charge in [-0.25, -0.2) is 0 Å². The number of nitrogens with one attached hydrogen (secondary N) is 1. The van der Waals surface area contributed by atoms with Crippen LogP contribution in [0.25, 0.3) is 0 Å². The molecule has 1 fully saturated rings. The highest BCUT2D eigenvalue weighted by molar-refractivity contribution is 5.96. The summed E-state index contributed by atoms with van der Waals surface area (Å²) in [4.78, 5) is 26.7. The van der Waals surface area contributed by atoms with E-state index in [-0.39, 0.29) is 17.9 Å². The fraction of sp³-hybridized carbons (Fsp3) is 0.600. The van der Waals surface area contributed by atoms with Crippen molar-refractivity contribution in [2.45, 2.75) is 65.5 Å². The van der Waals surface area contributed by atoms with Gasteiger partial charge in [0.05, 0.1) is 19.1 Å². The van der Waals surface area contributed by atoms with E-state index in [1.165, 1.54) is 6.42 Å². The van der Waals surface area contributed by atoms with Gasteiger partial charge in [-0.2, -0.15) is 0 Å². The molecule has 1 aliphatic rings. The van der Waals surface area contributed by atoms with Crippen LogP contribution < -0.4 is 5.32 Å². The minimum atomic E-state index is -0.0764. The van der Waals surface area contributed by atoms with Crippen LogP contribution in [0, 0.1) is 6.92 Å². The molecule has 0 saturated carbocycles. The number of amides is 2. The number of carbonyl (C=O) groups is 2. The Bertz CT molecular complexity index is 613. The van der Waals surface area contributed by atoms with E-state index in [4.69, 9.17) is 4.74 Å². The van der Waals surface area contributed by atoms with Gasteiger partial charge in [0.25, 0.3) is 5.91 Å². The first kappa shape index (κ1) is 19.4. The second-order valence-electron chi connectivity index (χ2n) is 7.09. The monoisotopic (exact) mass is 346 g/mol. The lowest BCUT2D eigenvalue weighted by Crippen LogP contribution is -2.42. The van der Waals surface area contributed by atoms with Gasteiger partial charge in [-0.05, 0) is 70.7 Å². The first-order chi connectivity index (χ1) is 11.9. The zero-order valence-electron chi connectivity index (χ0n) is 15.8. The molecule has 1 saturated heterocycles. The van der Waals surface area contributed by atoms with Crippen LogP contribution in [0.4, 0.5) is 5.69 Å². The van der Waals surface area contributed by atoms with Gasteiger partial charge in [0, 0.05) is 23.8 Å². The molecule has 2 amide bonds. The molecule has 1 heterocycles. The summed E-state index contributed by atoms with van der Waals surface area (Å²) in [5.74, 6) is 0.00555. The number of anilines is 1. The molecule has 5 nitrogen and oxygen atoms in total. The lowest BCUT2D eigenvalue weighted by Gasteiger charge is -2.33. The average Bonchev–Trinajstić information content (AvgIpc) is 2.56. The number of nitrogens with zero attached hydrogens (tertiary/aromatic N) is 1. The second-order valence-corrected chi connectivity index (χ2v) is 7.09. The van der Waals surface area contributed by atoms with Gasteiger partial charge in [0.15, 0.2) is 0 Å². The van der Waals surface area contributed by atoms with Gasteiger partial charge < -0.3 is 15.0 Å². The highest BCUT2D eigenvalue weighted by Gasteiger charge is 2.24. The number of rotatable bonds is 6. The number of hydrogen-bond donors (Lipinski definition) is 1. The van der Waals surface area contributed by atoms with Gasteiger partial charge in [-0.15, -0.1) is 0 Å². The third-order valence-electron chi connectivity index (χ3n) is 4.59. The van der Waals surface area contributed by atoms with Crippen molar-refractivity contribution >= 4 is 17.5 Å². The van der Waals surface area contributed by atoms with Crippen LogP contribution in [-0.2, 0) is 9.53 Å². The molecule has 138 valence electrons. The molecule has 0 spiro atoms. The van der Waals surface area contributed by atoms with Crippen LogP contribution in [0.2, 0.25) is 0 Å². The van der Waals surface area contributed by atoms with Gasteiger partial charge in [-0.3, -0.25) is 9.59 Å². The third kappa shape index (κ3) is 5.56. The van der Waals surface area contributed by atoms with Crippen LogP contribution in [0.3, 0.4) is 0 Å². The van der Waals surface area contributed by atoms with E-state index in [0.717, 1.165) is 30.6 Å². The Labute approximate surface area is 150 Å². The smallest absolute Gasteiger partial charge is 0.254 e. The molecule has 1 unspecified atom stereocenters. The van der Waals surface area contributed by atoms with Crippen molar-refractivity contribution in [2.75, 3.05) is 18.5 Å². The molecule has 0 bridgehead atoms. The molecule has 0 aromatic heterocycles.